The minimum absolute atomic E-state index is 0.810. The molecule has 0 fully saturated rings. The molecule has 0 aliphatic carbocycles. The van der Waals surface area contributed by atoms with Gasteiger partial charge in [0.05, 0.1) is 12.3 Å². The lowest BCUT2D eigenvalue weighted by Gasteiger charge is -2.23. The molecule has 3 rings (SSSR count). The van der Waals surface area contributed by atoms with Crippen LogP contribution in [0, 0.1) is 0 Å². The molecule has 0 N–H and O–H groups in total. The van der Waals surface area contributed by atoms with E-state index in [4.69, 9.17) is 0 Å². The molecule has 0 amide bonds. The SMILES string of the molecule is C1=CN(c2ccccc2)CC(c2ccccc2)=N1. The van der Waals surface area contributed by atoms with Gasteiger partial charge in [-0.05, 0) is 17.7 Å². The van der Waals surface area contributed by atoms with Crippen LogP contribution in [0.5, 0.6) is 0 Å². The van der Waals surface area contributed by atoms with E-state index in [2.05, 4.69) is 46.3 Å². The van der Waals surface area contributed by atoms with Crippen molar-refractivity contribution in [1.82, 2.24) is 0 Å². The number of nitrogens with zero attached hydrogens (tertiary/aromatic N) is 2. The van der Waals surface area contributed by atoms with Gasteiger partial charge in [0.2, 0.25) is 0 Å². The molecule has 0 atom stereocenters. The summed E-state index contributed by atoms with van der Waals surface area (Å²) in [6, 6.07) is 20.7. The van der Waals surface area contributed by atoms with Crippen molar-refractivity contribution in [3.8, 4) is 0 Å². The van der Waals surface area contributed by atoms with Crippen LogP contribution in [0.2, 0.25) is 0 Å². The second kappa shape index (κ2) is 4.88. The van der Waals surface area contributed by atoms with E-state index in [1.54, 1.807) is 0 Å². The molecule has 2 nitrogen and oxygen atoms in total. The van der Waals surface area contributed by atoms with Crippen molar-refractivity contribution < 1.29 is 0 Å². The van der Waals surface area contributed by atoms with Crippen LogP contribution in [0.25, 0.3) is 0 Å². The van der Waals surface area contributed by atoms with Crippen LogP contribution in [-0.2, 0) is 0 Å². The summed E-state index contributed by atoms with van der Waals surface area (Å²) in [6.07, 6.45) is 3.88. The largest absolute Gasteiger partial charge is 0.340 e. The zero-order valence-electron chi connectivity index (χ0n) is 10.0. The Kier molecular flexibility index (Phi) is 2.92. The maximum absolute atomic E-state index is 4.47. The van der Waals surface area contributed by atoms with E-state index in [-0.39, 0.29) is 0 Å². The highest BCUT2D eigenvalue weighted by Gasteiger charge is 2.11. The van der Waals surface area contributed by atoms with Gasteiger partial charge in [-0.1, -0.05) is 48.5 Å². The molecule has 0 spiro atoms. The van der Waals surface area contributed by atoms with Crippen molar-refractivity contribution in [2.45, 2.75) is 0 Å². The van der Waals surface area contributed by atoms with Gasteiger partial charge >= 0.3 is 0 Å². The van der Waals surface area contributed by atoms with Gasteiger partial charge in [-0.15, -0.1) is 0 Å². The second-order valence-electron chi connectivity index (χ2n) is 4.20. The molecule has 1 aliphatic rings. The summed E-state index contributed by atoms with van der Waals surface area (Å²) in [5.41, 5.74) is 3.47. The number of benzene rings is 2. The normalized spacial score (nSPS) is 14.4. The molecule has 2 aromatic rings. The third-order valence-electron chi connectivity index (χ3n) is 2.99. The first-order valence-corrected chi connectivity index (χ1v) is 6.04. The van der Waals surface area contributed by atoms with E-state index < -0.39 is 0 Å². The quantitative estimate of drug-likeness (QED) is 0.777. The molecule has 88 valence electrons. The summed E-state index contributed by atoms with van der Waals surface area (Å²) >= 11 is 0. The highest BCUT2D eigenvalue weighted by Crippen LogP contribution is 2.17. The topological polar surface area (TPSA) is 15.6 Å². The molecule has 18 heavy (non-hydrogen) atoms. The summed E-state index contributed by atoms with van der Waals surface area (Å²) in [5.74, 6) is 0. The van der Waals surface area contributed by atoms with Gasteiger partial charge in [-0.2, -0.15) is 0 Å². The van der Waals surface area contributed by atoms with Gasteiger partial charge in [-0.3, -0.25) is 4.99 Å². The lowest BCUT2D eigenvalue weighted by Crippen LogP contribution is -2.27. The smallest absolute Gasteiger partial charge is 0.0673 e. The fraction of sp³-hybridized carbons (Fsp3) is 0.0625. The van der Waals surface area contributed by atoms with Crippen LogP contribution in [0.4, 0.5) is 5.69 Å². The Bertz CT molecular complexity index is 571. The molecular weight excluding hydrogens is 220 g/mol. The van der Waals surface area contributed by atoms with Gasteiger partial charge in [0, 0.05) is 18.1 Å². The number of para-hydroxylation sites is 1. The molecular formula is C16H14N2. The van der Waals surface area contributed by atoms with E-state index in [9.17, 15) is 0 Å². The van der Waals surface area contributed by atoms with Gasteiger partial charge in [0.25, 0.3) is 0 Å². The number of hydrogen-bond acceptors (Lipinski definition) is 2. The number of anilines is 1. The molecule has 0 saturated carbocycles. The first-order valence-electron chi connectivity index (χ1n) is 6.04. The van der Waals surface area contributed by atoms with Crippen molar-refractivity contribution in [2.75, 3.05) is 11.4 Å². The molecule has 0 unspecified atom stereocenters. The summed E-state index contributed by atoms with van der Waals surface area (Å²) in [5, 5.41) is 0. The maximum atomic E-state index is 4.47. The van der Waals surface area contributed by atoms with Gasteiger partial charge in [0.15, 0.2) is 0 Å². The maximum Gasteiger partial charge on any atom is 0.0673 e. The van der Waals surface area contributed by atoms with Crippen molar-refractivity contribution in [3.05, 3.63) is 78.6 Å². The first kappa shape index (κ1) is 10.8. The summed E-state index contributed by atoms with van der Waals surface area (Å²) < 4.78 is 0. The molecule has 1 heterocycles. The van der Waals surface area contributed by atoms with E-state index in [0.717, 1.165) is 12.3 Å². The third-order valence-corrected chi connectivity index (χ3v) is 2.99. The summed E-state index contributed by atoms with van der Waals surface area (Å²) in [6.45, 7) is 0.810. The van der Waals surface area contributed by atoms with Crippen molar-refractivity contribution in [3.63, 3.8) is 0 Å². The predicted molar refractivity (Wildman–Crippen MR) is 75.9 cm³/mol. The second-order valence-corrected chi connectivity index (χ2v) is 4.20. The van der Waals surface area contributed by atoms with Gasteiger partial charge < -0.3 is 4.90 Å². The van der Waals surface area contributed by atoms with E-state index in [1.165, 1.54) is 11.3 Å². The molecule has 0 bridgehead atoms. The number of rotatable bonds is 2. The highest BCUT2D eigenvalue weighted by molar-refractivity contribution is 6.04. The average Bonchev–Trinajstić information content (AvgIpc) is 2.49. The number of hydrogen-bond donors (Lipinski definition) is 0. The monoisotopic (exact) mass is 234 g/mol. The molecule has 0 radical (unpaired) electrons. The minimum atomic E-state index is 0.810. The minimum Gasteiger partial charge on any atom is -0.340 e. The van der Waals surface area contributed by atoms with Crippen molar-refractivity contribution in [2.24, 2.45) is 4.99 Å². The Morgan fingerprint density at radius 1 is 0.833 bits per heavy atom. The zero-order valence-corrected chi connectivity index (χ0v) is 10.0. The molecule has 0 saturated heterocycles. The zero-order chi connectivity index (χ0) is 12.2. The van der Waals surface area contributed by atoms with Gasteiger partial charge in [-0.25, -0.2) is 0 Å². The molecule has 2 heteroatoms. The highest BCUT2D eigenvalue weighted by atomic mass is 15.1. The van der Waals surface area contributed by atoms with E-state index in [1.807, 2.05) is 36.7 Å². The van der Waals surface area contributed by atoms with Crippen molar-refractivity contribution in [1.29, 1.82) is 0 Å². The van der Waals surface area contributed by atoms with Crippen LogP contribution in [0.15, 0.2) is 78.1 Å². The Morgan fingerprint density at radius 3 is 2.22 bits per heavy atom. The van der Waals surface area contributed by atoms with Crippen LogP contribution < -0.4 is 4.90 Å². The lowest BCUT2D eigenvalue weighted by atomic mass is 10.1. The Morgan fingerprint density at radius 2 is 1.50 bits per heavy atom. The average molecular weight is 234 g/mol. The van der Waals surface area contributed by atoms with Crippen LogP contribution in [0.1, 0.15) is 5.56 Å². The Balaban J connectivity index is 1.85. The van der Waals surface area contributed by atoms with Crippen LogP contribution in [0.3, 0.4) is 0 Å². The lowest BCUT2D eigenvalue weighted by molar-refractivity contribution is 1.09. The van der Waals surface area contributed by atoms with Gasteiger partial charge in [0.1, 0.15) is 0 Å². The summed E-state index contributed by atoms with van der Waals surface area (Å²) in [7, 11) is 0. The standard InChI is InChI=1S/C16H14N2/c1-3-7-14(8-4-1)16-13-18(12-11-17-16)15-9-5-2-6-10-15/h1-12H,13H2. The summed E-state index contributed by atoms with van der Waals surface area (Å²) in [4.78, 5) is 6.67. The molecule has 1 aliphatic heterocycles. The van der Waals surface area contributed by atoms with E-state index in [0.29, 0.717) is 0 Å². The Hall–Kier alpha value is -2.35. The van der Waals surface area contributed by atoms with Crippen molar-refractivity contribution >= 4 is 11.4 Å². The van der Waals surface area contributed by atoms with Crippen LogP contribution >= 0.6 is 0 Å². The van der Waals surface area contributed by atoms with E-state index >= 15 is 0 Å². The Labute approximate surface area is 107 Å². The molecule has 2 aromatic carbocycles. The van der Waals surface area contributed by atoms with Crippen LogP contribution in [-0.4, -0.2) is 12.3 Å². The fourth-order valence-electron chi connectivity index (χ4n) is 2.05. The predicted octanol–water partition coefficient (Wildman–Crippen LogP) is 3.47. The first-order chi connectivity index (χ1) is 8.93. The number of aliphatic imine (C=N–C) groups is 1. The third kappa shape index (κ3) is 2.18. The fourth-order valence-corrected chi connectivity index (χ4v) is 2.05. The molecule has 0 aromatic heterocycles.